The first kappa shape index (κ1) is 8.26. The highest BCUT2D eigenvalue weighted by atomic mass is 19.4. The van der Waals surface area contributed by atoms with E-state index in [1.54, 1.807) is 0 Å². The molecule has 2 nitrogen and oxygen atoms in total. The van der Waals surface area contributed by atoms with Gasteiger partial charge in [0.2, 0.25) is 0 Å². The zero-order valence-electron chi connectivity index (χ0n) is 4.74. The molecule has 0 saturated carbocycles. The summed E-state index contributed by atoms with van der Waals surface area (Å²) in [4.78, 5) is 0. The molecule has 1 N–H and O–H groups in total. The minimum absolute atomic E-state index is 0.331. The number of alkyl halides is 3. The smallest absolute Gasteiger partial charge is 0.394 e. The van der Waals surface area contributed by atoms with Crippen molar-refractivity contribution in [1.82, 2.24) is 0 Å². The van der Waals surface area contributed by atoms with Gasteiger partial charge in [-0.3, -0.25) is 0 Å². The molecular formula is C4H6F3NO. The average molecular weight is 141 g/mol. The van der Waals surface area contributed by atoms with Crippen molar-refractivity contribution in [3.8, 4) is 0 Å². The molecule has 5 heteroatoms. The number of hydrogen-bond donors (Lipinski definition) is 1. The lowest BCUT2D eigenvalue weighted by Crippen LogP contribution is -2.12. The normalized spacial score (nSPS) is 14.0. The van der Waals surface area contributed by atoms with E-state index in [2.05, 4.69) is 5.16 Å². The van der Waals surface area contributed by atoms with Crippen LogP contribution >= 0.6 is 0 Å². The summed E-state index contributed by atoms with van der Waals surface area (Å²) in [6, 6.07) is 0. The molecule has 9 heavy (non-hydrogen) atoms. The van der Waals surface area contributed by atoms with Crippen molar-refractivity contribution in [3.05, 3.63) is 0 Å². The largest absolute Gasteiger partial charge is 0.411 e. The third kappa shape index (κ3) is 5.13. The van der Waals surface area contributed by atoms with E-state index < -0.39 is 12.6 Å². The molecule has 0 aliphatic heterocycles. The van der Waals surface area contributed by atoms with E-state index in [0.717, 1.165) is 6.92 Å². The average Bonchev–Trinajstić information content (AvgIpc) is 1.62. The van der Waals surface area contributed by atoms with Crippen molar-refractivity contribution >= 4 is 5.71 Å². The zero-order chi connectivity index (χ0) is 7.49. The maximum Gasteiger partial charge on any atom is 0.394 e. The molecule has 0 aromatic rings. The van der Waals surface area contributed by atoms with Crippen LogP contribution in [0.15, 0.2) is 5.16 Å². The van der Waals surface area contributed by atoms with Crippen LogP contribution in [0.5, 0.6) is 0 Å². The Morgan fingerprint density at radius 3 is 2.11 bits per heavy atom. The van der Waals surface area contributed by atoms with Crippen LogP contribution < -0.4 is 0 Å². The minimum Gasteiger partial charge on any atom is -0.411 e. The summed E-state index contributed by atoms with van der Waals surface area (Å²) in [5, 5.41) is 10.2. The highest BCUT2D eigenvalue weighted by Gasteiger charge is 2.28. The predicted molar refractivity (Wildman–Crippen MR) is 25.6 cm³/mol. The molecule has 0 unspecified atom stereocenters. The molecule has 0 aromatic carbocycles. The molecule has 0 spiro atoms. The maximum atomic E-state index is 11.3. The van der Waals surface area contributed by atoms with Gasteiger partial charge in [0.05, 0.1) is 12.1 Å². The van der Waals surface area contributed by atoms with E-state index in [1.165, 1.54) is 0 Å². The quantitative estimate of drug-likeness (QED) is 0.337. The number of rotatable bonds is 1. The Labute approximate surface area is 50.0 Å². The molecule has 0 aromatic heterocycles. The Balaban J connectivity index is 3.75. The van der Waals surface area contributed by atoms with Crippen molar-refractivity contribution < 1.29 is 18.4 Å². The van der Waals surface area contributed by atoms with E-state index in [4.69, 9.17) is 5.21 Å². The van der Waals surface area contributed by atoms with Gasteiger partial charge in [-0.25, -0.2) is 0 Å². The molecule has 0 aliphatic rings. The zero-order valence-corrected chi connectivity index (χ0v) is 4.74. The lowest BCUT2D eigenvalue weighted by Gasteiger charge is -2.02. The van der Waals surface area contributed by atoms with E-state index in [-0.39, 0.29) is 5.71 Å². The van der Waals surface area contributed by atoms with Crippen molar-refractivity contribution in [2.75, 3.05) is 0 Å². The van der Waals surface area contributed by atoms with Crippen molar-refractivity contribution in [3.63, 3.8) is 0 Å². The van der Waals surface area contributed by atoms with Crippen LogP contribution in [0.3, 0.4) is 0 Å². The second-order valence-electron chi connectivity index (χ2n) is 1.63. The number of halogens is 3. The molecule has 54 valence electrons. The summed E-state index contributed by atoms with van der Waals surface area (Å²) < 4.78 is 33.9. The Bertz CT molecular complexity index is 117. The van der Waals surface area contributed by atoms with Crippen LogP contribution in [0.25, 0.3) is 0 Å². The Morgan fingerprint density at radius 2 is 2.00 bits per heavy atom. The first-order valence-electron chi connectivity index (χ1n) is 2.20. The summed E-state index contributed by atoms with van der Waals surface area (Å²) >= 11 is 0. The highest BCUT2D eigenvalue weighted by Crippen LogP contribution is 2.19. The summed E-state index contributed by atoms with van der Waals surface area (Å²) in [6.07, 6.45) is -5.42. The van der Waals surface area contributed by atoms with E-state index in [9.17, 15) is 13.2 Å². The first-order valence-corrected chi connectivity index (χ1v) is 2.20. The van der Waals surface area contributed by atoms with Crippen LogP contribution in [0.2, 0.25) is 0 Å². The van der Waals surface area contributed by atoms with Gasteiger partial charge in [-0.1, -0.05) is 5.16 Å². The van der Waals surface area contributed by atoms with Gasteiger partial charge in [-0.2, -0.15) is 13.2 Å². The standard InChI is InChI=1S/C4H6F3NO/c1-3(8-9)2-4(5,6)7/h9H,2H2,1H3/b8-3+. The molecule has 0 heterocycles. The first-order chi connectivity index (χ1) is 3.95. The fourth-order valence-electron chi connectivity index (χ4n) is 0.325. The molecule has 0 radical (unpaired) electrons. The lowest BCUT2D eigenvalue weighted by molar-refractivity contribution is -0.121. The van der Waals surface area contributed by atoms with Gasteiger partial charge in [0.15, 0.2) is 0 Å². The van der Waals surface area contributed by atoms with Gasteiger partial charge >= 0.3 is 6.18 Å². The molecule has 0 bridgehead atoms. The summed E-state index contributed by atoms with van der Waals surface area (Å²) in [6.45, 7) is 1.10. The van der Waals surface area contributed by atoms with Gasteiger partial charge in [0, 0.05) is 0 Å². The number of oxime groups is 1. The molecule has 0 rings (SSSR count). The highest BCUT2D eigenvalue weighted by molar-refractivity contribution is 5.81. The van der Waals surface area contributed by atoms with Crippen LogP contribution in [0.4, 0.5) is 13.2 Å². The van der Waals surface area contributed by atoms with Gasteiger partial charge in [-0.05, 0) is 6.92 Å². The van der Waals surface area contributed by atoms with Gasteiger partial charge in [0.1, 0.15) is 0 Å². The van der Waals surface area contributed by atoms with Crippen molar-refractivity contribution in [1.29, 1.82) is 0 Å². The Kier molecular flexibility index (Phi) is 2.48. The fraction of sp³-hybridized carbons (Fsp3) is 0.750. The second kappa shape index (κ2) is 2.70. The molecular weight excluding hydrogens is 135 g/mol. The SMILES string of the molecule is C/C(CC(F)(F)F)=N\O. The van der Waals surface area contributed by atoms with E-state index >= 15 is 0 Å². The number of nitrogens with zero attached hydrogens (tertiary/aromatic N) is 1. The second-order valence-corrected chi connectivity index (χ2v) is 1.63. The number of hydrogen-bond acceptors (Lipinski definition) is 2. The Hall–Kier alpha value is -0.740. The predicted octanol–water partition coefficient (Wildman–Crippen LogP) is 1.79. The van der Waals surface area contributed by atoms with Crippen LogP contribution in [-0.2, 0) is 0 Å². The summed E-state index contributed by atoms with van der Waals surface area (Å²) in [5.74, 6) is 0. The molecule has 0 amide bonds. The van der Waals surface area contributed by atoms with E-state index in [0.29, 0.717) is 0 Å². The van der Waals surface area contributed by atoms with Crippen LogP contribution in [-0.4, -0.2) is 17.1 Å². The van der Waals surface area contributed by atoms with Gasteiger partial charge < -0.3 is 5.21 Å². The molecule has 0 atom stereocenters. The van der Waals surface area contributed by atoms with Crippen molar-refractivity contribution in [2.24, 2.45) is 5.16 Å². The molecule has 0 saturated heterocycles. The van der Waals surface area contributed by atoms with Gasteiger partial charge in [-0.15, -0.1) is 0 Å². The van der Waals surface area contributed by atoms with Gasteiger partial charge in [0.25, 0.3) is 0 Å². The summed E-state index contributed by atoms with van der Waals surface area (Å²) in [5.41, 5.74) is -0.331. The molecule has 0 fully saturated rings. The maximum absolute atomic E-state index is 11.3. The molecule has 0 aliphatic carbocycles. The summed E-state index contributed by atoms with van der Waals surface area (Å²) in [7, 11) is 0. The van der Waals surface area contributed by atoms with Crippen molar-refractivity contribution in [2.45, 2.75) is 19.5 Å². The topological polar surface area (TPSA) is 32.6 Å². The lowest BCUT2D eigenvalue weighted by atomic mass is 10.3. The fourth-order valence-corrected chi connectivity index (χ4v) is 0.325. The van der Waals surface area contributed by atoms with Crippen LogP contribution in [0, 0.1) is 0 Å². The minimum atomic E-state index is -4.27. The van der Waals surface area contributed by atoms with E-state index in [1.807, 2.05) is 0 Å². The van der Waals surface area contributed by atoms with Crippen LogP contribution in [0.1, 0.15) is 13.3 Å². The third-order valence-corrected chi connectivity index (χ3v) is 0.627. The monoisotopic (exact) mass is 141 g/mol. The third-order valence-electron chi connectivity index (χ3n) is 0.627. The Morgan fingerprint density at radius 1 is 1.56 bits per heavy atom.